The zero-order valence-corrected chi connectivity index (χ0v) is 13.1. The number of anilines is 1. The first-order valence-corrected chi connectivity index (χ1v) is 7.71. The molecule has 0 radical (unpaired) electrons. The van der Waals surface area contributed by atoms with Crippen molar-refractivity contribution in [3.63, 3.8) is 0 Å². The van der Waals surface area contributed by atoms with Gasteiger partial charge in [0, 0.05) is 13.1 Å². The van der Waals surface area contributed by atoms with E-state index in [4.69, 9.17) is 0 Å². The second-order valence-electron chi connectivity index (χ2n) is 5.05. The average molecular weight is 313 g/mol. The Balaban J connectivity index is 1.97. The van der Waals surface area contributed by atoms with E-state index in [2.05, 4.69) is 4.98 Å². The molecule has 0 saturated heterocycles. The minimum Gasteiger partial charge on any atom is -0.360 e. The molecule has 1 heterocycles. The Morgan fingerprint density at radius 1 is 1.18 bits per heavy atom. The van der Waals surface area contributed by atoms with E-state index in [0.29, 0.717) is 5.69 Å². The van der Waals surface area contributed by atoms with E-state index < -0.39 is 0 Å². The molecule has 22 heavy (non-hydrogen) atoms. The third-order valence-electron chi connectivity index (χ3n) is 3.71. The molecular weight excluding hydrogens is 298 g/mol. The van der Waals surface area contributed by atoms with Crippen molar-refractivity contribution in [1.82, 2.24) is 4.98 Å². The maximum atomic E-state index is 11.2. The lowest BCUT2D eigenvalue weighted by Gasteiger charge is -2.24. The van der Waals surface area contributed by atoms with Crippen LogP contribution >= 0.6 is 11.3 Å². The summed E-state index contributed by atoms with van der Waals surface area (Å²) in [5.41, 5.74) is 1.67. The molecule has 0 aliphatic rings. The molecule has 1 aromatic heterocycles. The summed E-state index contributed by atoms with van der Waals surface area (Å²) in [5, 5.41) is 12.1. The molecule has 0 aliphatic heterocycles. The van der Waals surface area contributed by atoms with Gasteiger partial charge in [-0.25, -0.2) is 4.98 Å². The first-order chi connectivity index (χ1) is 10.6. The van der Waals surface area contributed by atoms with E-state index in [0.717, 1.165) is 15.2 Å². The molecule has 0 fully saturated rings. The minimum atomic E-state index is -0.350. The van der Waals surface area contributed by atoms with Gasteiger partial charge in [0.2, 0.25) is 0 Å². The van der Waals surface area contributed by atoms with Gasteiger partial charge in [0.15, 0.2) is 0 Å². The first kappa shape index (κ1) is 14.5. The zero-order chi connectivity index (χ0) is 15.7. The molecule has 0 N–H and O–H groups in total. The number of nitro benzene ring substituents is 1. The van der Waals surface area contributed by atoms with Gasteiger partial charge >= 0.3 is 0 Å². The summed E-state index contributed by atoms with van der Waals surface area (Å²) in [6.45, 7) is 2.01. The van der Waals surface area contributed by atoms with E-state index in [1.165, 1.54) is 6.07 Å². The molecule has 0 spiro atoms. The van der Waals surface area contributed by atoms with Gasteiger partial charge in [-0.05, 0) is 25.1 Å². The fraction of sp³-hybridized carbons (Fsp3) is 0.188. The van der Waals surface area contributed by atoms with Crippen LogP contribution in [-0.4, -0.2) is 17.0 Å². The lowest BCUT2D eigenvalue weighted by atomic mass is 10.2. The predicted molar refractivity (Wildman–Crippen MR) is 89.5 cm³/mol. The number of nitrogens with zero attached hydrogens (tertiary/aromatic N) is 3. The molecule has 1 atom stereocenters. The van der Waals surface area contributed by atoms with Crippen LogP contribution in [0.5, 0.6) is 0 Å². The summed E-state index contributed by atoms with van der Waals surface area (Å²) < 4.78 is 1.13. The van der Waals surface area contributed by atoms with E-state index in [9.17, 15) is 10.1 Å². The van der Waals surface area contributed by atoms with Crippen LogP contribution in [0.3, 0.4) is 0 Å². The number of hydrogen-bond acceptors (Lipinski definition) is 5. The highest BCUT2D eigenvalue weighted by Gasteiger charge is 2.22. The van der Waals surface area contributed by atoms with Crippen LogP contribution in [-0.2, 0) is 0 Å². The molecule has 112 valence electrons. The largest absolute Gasteiger partial charge is 0.360 e. The number of fused-ring (bicyclic) bond motifs is 1. The highest BCUT2D eigenvalue weighted by atomic mass is 32.1. The second kappa shape index (κ2) is 5.73. The summed E-state index contributed by atoms with van der Waals surface area (Å²) in [4.78, 5) is 17.4. The molecule has 5 nitrogen and oxygen atoms in total. The van der Waals surface area contributed by atoms with Crippen LogP contribution in [0, 0.1) is 10.1 Å². The summed E-state index contributed by atoms with van der Waals surface area (Å²) >= 11 is 1.62. The van der Waals surface area contributed by atoms with E-state index >= 15 is 0 Å². The Morgan fingerprint density at radius 2 is 1.86 bits per heavy atom. The number of thiazole rings is 1. The Morgan fingerprint density at radius 3 is 2.59 bits per heavy atom. The van der Waals surface area contributed by atoms with Gasteiger partial charge in [-0.1, -0.05) is 24.3 Å². The molecule has 3 aromatic rings. The normalized spacial score (nSPS) is 12.3. The molecule has 0 unspecified atom stereocenters. The zero-order valence-electron chi connectivity index (χ0n) is 12.3. The van der Waals surface area contributed by atoms with E-state index in [1.54, 1.807) is 23.5 Å². The van der Waals surface area contributed by atoms with E-state index in [1.807, 2.05) is 49.2 Å². The molecule has 0 aliphatic carbocycles. The minimum absolute atomic E-state index is 0.0431. The molecule has 3 rings (SSSR count). The third-order valence-corrected chi connectivity index (χ3v) is 4.91. The number of hydrogen-bond donors (Lipinski definition) is 0. The molecular formula is C16H15N3O2S. The van der Waals surface area contributed by atoms with Crippen molar-refractivity contribution in [2.24, 2.45) is 0 Å². The number of nitro groups is 1. The van der Waals surface area contributed by atoms with Crippen LogP contribution in [0.2, 0.25) is 0 Å². The first-order valence-electron chi connectivity index (χ1n) is 6.89. The average Bonchev–Trinajstić information content (AvgIpc) is 2.97. The molecule has 6 heteroatoms. The van der Waals surface area contributed by atoms with Crippen LogP contribution < -0.4 is 4.90 Å². The van der Waals surface area contributed by atoms with Crippen LogP contribution in [0.25, 0.3) is 10.2 Å². The Bertz CT molecular complexity index is 798. The Kier molecular flexibility index (Phi) is 3.77. The maximum absolute atomic E-state index is 11.2. The topological polar surface area (TPSA) is 59.3 Å². The van der Waals surface area contributed by atoms with Crippen molar-refractivity contribution < 1.29 is 4.92 Å². The third kappa shape index (κ3) is 2.53. The van der Waals surface area contributed by atoms with Gasteiger partial charge in [0.1, 0.15) is 10.7 Å². The quantitative estimate of drug-likeness (QED) is 0.529. The summed E-state index contributed by atoms with van der Waals surface area (Å²) in [6, 6.07) is 14.7. The standard InChI is InChI=1S/C16H15N3O2S/c1-11(16-17-12-7-3-6-10-15(12)22-16)18(2)13-8-4-5-9-14(13)19(20)21/h3-11H,1-2H3/t11-/m0/s1. The van der Waals surface area contributed by atoms with Crippen molar-refractivity contribution in [3.05, 3.63) is 63.7 Å². The Hall–Kier alpha value is -2.47. The van der Waals surface area contributed by atoms with Gasteiger partial charge in [-0.2, -0.15) is 0 Å². The molecule has 0 bridgehead atoms. The summed E-state index contributed by atoms with van der Waals surface area (Å²) in [7, 11) is 1.86. The molecule has 2 aromatic carbocycles. The smallest absolute Gasteiger partial charge is 0.292 e. The monoisotopic (exact) mass is 313 g/mol. The van der Waals surface area contributed by atoms with Gasteiger partial charge in [0.25, 0.3) is 5.69 Å². The SMILES string of the molecule is C[C@@H](c1nc2ccccc2s1)N(C)c1ccccc1[N+](=O)[O-]. The number of rotatable bonds is 4. The van der Waals surface area contributed by atoms with Gasteiger partial charge < -0.3 is 4.90 Å². The highest BCUT2D eigenvalue weighted by Crippen LogP contribution is 2.35. The fourth-order valence-corrected chi connectivity index (χ4v) is 3.42. The highest BCUT2D eigenvalue weighted by molar-refractivity contribution is 7.18. The molecule has 0 saturated carbocycles. The van der Waals surface area contributed by atoms with Crippen LogP contribution in [0.1, 0.15) is 18.0 Å². The van der Waals surface area contributed by atoms with Crippen molar-refractivity contribution >= 4 is 32.9 Å². The maximum Gasteiger partial charge on any atom is 0.292 e. The van der Waals surface area contributed by atoms with Gasteiger partial charge in [-0.15, -0.1) is 11.3 Å². The van der Waals surface area contributed by atoms with Crippen LogP contribution in [0.15, 0.2) is 48.5 Å². The Labute approximate surface area is 132 Å². The van der Waals surface area contributed by atoms with Crippen molar-refractivity contribution in [2.45, 2.75) is 13.0 Å². The number of aromatic nitrogens is 1. The van der Waals surface area contributed by atoms with Crippen LogP contribution in [0.4, 0.5) is 11.4 Å². The number of benzene rings is 2. The summed E-state index contributed by atoms with van der Waals surface area (Å²) in [5.74, 6) is 0. The predicted octanol–water partition coefficient (Wildman–Crippen LogP) is 4.40. The summed E-state index contributed by atoms with van der Waals surface area (Å²) in [6.07, 6.45) is 0. The second-order valence-corrected chi connectivity index (χ2v) is 6.11. The number of para-hydroxylation sites is 3. The van der Waals surface area contributed by atoms with Gasteiger partial charge in [0.05, 0.1) is 21.2 Å². The lowest BCUT2D eigenvalue weighted by Crippen LogP contribution is -2.22. The van der Waals surface area contributed by atoms with E-state index in [-0.39, 0.29) is 16.7 Å². The van der Waals surface area contributed by atoms with Crippen molar-refractivity contribution in [2.75, 3.05) is 11.9 Å². The van der Waals surface area contributed by atoms with Gasteiger partial charge in [-0.3, -0.25) is 10.1 Å². The fourth-order valence-electron chi connectivity index (χ4n) is 2.36. The molecule has 0 amide bonds. The van der Waals surface area contributed by atoms with Crippen molar-refractivity contribution in [1.29, 1.82) is 0 Å². The lowest BCUT2D eigenvalue weighted by molar-refractivity contribution is -0.384. The van der Waals surface area contributed by atoms with Crippen molar-refractivity contribution in [3.8, 4) is 0 Å².